The summed E-state index contributed by atoms with van der Waals surface area (Å²) in [6, 6.07) is 13.5. The molecule has 1 saturated heterocycles. The Labute approximate surface area is 169 Å². The van der Waals surface area contributed by atoms with Crippen molar-refractivity contribution in [3.05, 3.63) is 54.1 Å². The highest BCUT2D eigenvalue weighted by atomic mass is 16.5. The molecule has 3 rings (SSSR count). The number of carbonyl (C=O) groups excluding carboxylic acids is 2. The van der Waals surface area contributed by atoms with Gasteiger partial charge in [0.15, 0.2) is 6.10 Å². The van der Waals surface area contributed by atoms with Crippen molar-refractivity contribution in [2.75, 3.05) is 25.6 Å². The Balaban J connectivity index is 1.48. The van der Waals surface area contributed by atoms with Gasteiger partial charge in [-0.15, -0.1) is 0 Å². The number of nitrogens with one attached hydrogen (secondary N) is 1. The number of hydrogen-bond acceptors (Lipinski definition) is 6. The second kappa shape index (κ2) is 9.93. The third-order valence-corrected chi connectivity index (χ3v) is 4.56. The number of carbonyl (C=O) groups is 2. The maximum atomic E-state index is 12.3. The molecule has 1 heterocycles. The van der Waals surface area contributed by atoms with E-state index in [1.165, 1.54) is 6.92 Å². The summed E-state index contributed by atoms with van der Waals surface area (Å²) in [5, 5.41) is 2.70. The fourth-order valence-electron chi connectivity index (χ4n) is 2.85. The van der Waals surface area contributed by atoms with E-state index in [-0.39, 0.29) is 6.10 Å². The van der Waals surface area contributed by atoms with Gasteiger partial charge in [-0.1, -0.05) is 0 Å². The minimum Gasteiger partial charge on any atom is -0.497 e. The summed E-state index contributed by atoms with van der Waals surface area (Å²) in [6.07, 6.45) is 1.24. The van der Waals surface area contributed by atoms with Crippen molar-refractivity contribution in [1.82, 2.24) is 0 Å². The molecule has 1 amide bonds. The Morgan fingerprint density at radius 2 is 1.79 bits per heavy atom. The van der Waals surface area contributed by atoms with Crippen LogP contribution >= 0.6 is 0 Å². The van der Waals surface area contributed by atoms with Crippen molar-refractivity contribution >= 4 is 17.6 Å². The van der Waals surface area contributed by atoms with Crippen LogP contribution in [0.2, 0.25) is 0 Å². The molecule has 0 unspecified atom stereocenters. The summed E-state index contributed by atoms with van der Waals surface area (Å²) in [7, 11) is 1.57. The van der Waals surface area contributed by atoms with E-state index >= 15 is 0 Å². The molecular formula is C22H25NO6. The quantitative estimate of drug-likeness (QED) is 0.685. The molecule has 1 fully saturated rings. The predicted molar refractivity (Wildman–Crippen MR) is 107 cm³/mol. The van der Waals surface area contributed by atoms with Crippen LogP contribution in [0.3, 0.4) is 0 Å². The molecule has 0 bridgehead atoms. The maximum absolute atomic E-state index is 12.3. The number of benzene rings is 2. The first-order valence-corrected chi connectivity index (χ1v) is 9.55. The number of ether oxygens (including phenoxy) is 4. The molecule has 0 aliphatic carbocycles. The first kappa shape index (κ1) is 20.7. The van der Waals surface area contributed by atoms with Crippen molar-refractivity contribution in [2.45, 2.75) is 32.0 Å². The number of esters is 1. The molecule has 0 saturated carbocycles. The molecular weight excluding hydrogens is 374 g/mol. The minimum absolute atomic E-state index is 0.129. The third-order valence-electron chi connectivity index (χ3n) is 4.56. The zero-order valence-corrected chi connectivity index (χ0v) is 16.6. The van der Waals surface area contributed by atoms with Crippen LogP contribution < -0.4 is 14.8 Å². The van der Waals surface area contributed by atoms with Gasteiger partial charge in [0, 0.05) is 12.3 Å². The molecule has 2 atom stereocenters. The van der Waals surface area contributed by atoms with E-state index in [1.807, 2.05) is 0 Å². The van der Waals surface area contributed by atoms with Gasteiger partial charge < -0.3 is 24.3 Å². The molecule has 7 nitrogen and oxygen atoms in total. The average Bonchev–Trinajstić information content (AvgIpc) is 3.26. The molecule has 2 aromatic carbocycles. The van der Waals surface area contributed by atoms with E-state index < -0.39 is 18.0 Å². The fourth-order valence-corrected chi connectivity index (χ4v) is 2.85. The first-order chi connectivity index (χ1) is 14.0. The van der Waals surface area contributed by atoms with Crippen LogP contribution in [0.1, 0.15) is 30.1 Å². The Morgan fingerprint density at radius 3 is 2.41 bits per heavy atom. The van der Waals surface area contributed by atoms with Crippen molar-refractivity contribution in [2.24, 2.45) is 0 Å². The Morgan fingerprint density at radius 1 is 1.10 bits per heavy atom. The zero-order valence-electron chi connectivity index (χ0n) is 16.6. The van der Waals surface area contributed by atoms with E-state index in [4.69, 9.17) is 18.9 Å². The maximum Gasteiger partial charge on any atom is 0.338 e. The molecule has 0 spiro atoms. The SMILES string of the molecule is COc1ccc(NC(=O)[C@H](C)OC(=O)c2ccc(OC[C@H]3CCCO3)cc2)cc1. The van der Waals surface area contributed by atoms with Crippen LogP contribution in [-0.4, -0.2) is 44.4 Å². The van der Waals surface area contributed by atoms with Crippen LogP contribution in [0.15, 0.2) is 48.5 Å². The summed E-state index contributed by atoms with van der Waals surface area (Å²) in [5.41, 5.74) is 0.935. The molecule has 1 aliphatic rings. The van der Waals surface area contributed by atoms with Crippen LogP contribution in [0.5, 0.6) is 11.5 Å². The van der Waals surface area contributed by atoms with Crippen molar-refractivity contribution in [3.63, 3.8) is 0 Å². The number of amides is 1. The van der Waals surface area contributed by atoms with Gasteiger partial charge >= 0.3 is 5.97 Å². The van der Waals surface area contributed by atoms with E-state index in [2.05, 4.69) is 5.32 Å². The van der Waals surface area contributed by atoms with Crippen molar-refractivity contribution < 1.29 is 28.5 Å². The van der Waals surface area contributed by atoms with Crippen LogP contribution in [0, 0.1) is 0 Å². The number of rotatable bonds is 8. The van der Waals surface area contributed by atoms with Gasteiger partial charge in [0.1, 0.15) is 18.1 Å². The van der Waals surface area contributed by atoms with Gasteiger partial charge in [0.25, 0.3) is 5.91 Å². The van der Waals surface area contributed by atoms with E-state index in [1.54, 1.807) is 55.6 Å². The summed E-state index contributed by atoms with van der Waals surface area (Å²) in [6.45, 7) is 2.80. The Bertz CT molecular complexity index is 812. The normalized spacial score (nSPS) is 16.7. The monoisotopic (exact) mass is 399 g/mol. The third kappa shape index (κ3) is 5.96. The van der Waals surface area contributed by atoms with Gasteiger partial charge in [0.05, 0.1) is 18.8 Å². The second-order valence-corrected chi connectivity index (χ2v) is 6.74. The van der Waals surface area contributed by atoms with Gasteiger partial charge in [-0.25, -0.2) is 4.79 Å². The summed E-state index contributed by atoms with van der Waals surface area (Å²) in [5.74, 6) is 0.348. The minimum atomic E-state index is -0.944. The highest BCUT2D eigenvalue weighted by Gasteiger charge is 2.20. The standard InChI is InChI=1S/C22H25NO6/c1-15(21(24)23-17-7-11-18(26-2)12-8-17)29-22(25)16-5-9-19(10-6-16)28-14-20-4-3-13-27-20/h5-12,15,20H,3-4,13-14H2,1-2H3,(H,23,24)/t15-,20+/m0/s1. The number of methoxy groups -OCH3 is 1. The molecule has 154 valence electrons. The largest absolute Gasteiger partial charge is 0.497 e. The Hall–Kier alpha value is -3.06. The number of anilines is 1. The lowest BCUT2D eigenvalue weighted by atomic mass is 10.2. The van der Waals surface area contributed by atoms with Crippen LogP contribution in [0.25, 0.3) is 0 Å². The zero-order chi connectivity index (χ0) is 20.6. The molecule has 1 aliphatic heterocycles. The van der Waals surface area contributed by atoms with Crippen molar-refractivity contribution in [1.29, 1.82) is 0 Å². The van der Waals surface area contributed by atoms with Gasteiger partial charge in [-0.3, -0.25) is 4.79 Å². The topological polar surface area (TPSA) is 83.1 Å². The lowest BCUT2D eigenvalue weighted by molar-refractivity contribution is -0.123. The van der Waals surface area contributed by atoms with Gasteiger partial charge in [0.2, 0.25) is 0 Å². The summed E-state index contributed by atoms with van der Waals surface area (Å²) in [4.78, 5) is 24.5. The van der Waals surface area contributed by atoms with Crippen molar-refractivity contribution in [3.8, 4) is 11.5 Å². The number of hydrogen-bond donors (Lipinski definition) is 1. The molecule has 0 aromatic heterocycles. The summed E-state index contributed by atoms with van der Waals surface area (Å²) < 4.78 is 21.5. The fraction of sp³-hybridized carbons (Fsp3) is 0.364. The molecule has 29 heavy (non-hydrogen) atoms. The van der Waals surface area contributed by atoms with E-state index in [0.717, 1.165) is 19.4 Å². The molecule has 1 N–H and O–H groups in total. The Kier molecular flexibility index (Phi) is 7.08. The molecule has 0 radical (unpaired) electrons. The van der Waals surface area contributed by atoms with Crippen LogP contribution in [-0.2, 0) is 14.3 Å². The van der Waals surface area contributed by atoms with E-state index in [0.29, 0.717) is 29.4 Å². The molecule has 7 heteroatoms. The molecule has 2 aromatic rings. The summed E-state index contributed by atoms with van der Waals surface area (Å²) >= 11 is 0. The highest BCUT2D eigenvalue weighted by molar-refractivity contribution is 5.97. The van der Waals surface area contributed by atoms with Gasteiger partial charge in [-0.2, -0.15) is 0 Å². The highest BCUT2D eigenvalue weighted by Crippen LogP contribution is 2.18. The second-order valence-electron chi connectivity index (χ2n) is 6.74. The predicted octanol–water partition coefficient (Wildman–Crippen LogP) is 3.44. The van der Waals surface area contributed by atoms with Crippen LogP contribution in [0.4, 0.5) is 5.69 Å². The first-order valence-electron chi connectivity index (χ1n) is 9.55. The van der Waals surface area contributed by atoms with Gasteiger partial charge in [-0.05, 0) is 68.3 Å². The smallest absolute Gasteiger partial charge is 0.338 e. The van der Waals surface area contributed by atoms with E-state index in [9.17, 15) is 9.59 Å². The average molecular weight is 399 g/mol. The lowest BCUT2D eigenvalue weighted by Gasteiger charge is -2.14. The lowest BCUT2D eigenvalue weighted by Crippen LogP contribution is -2.30.